The molecule has 1 unspecified atom stereocenters. The third-order valence-corrected chi connectivity index (χ3v) is 3.46. The number of hydrogen-bond acceptors (Lipinski definition) is 4. The number of benzene rings is 1. The maximum Gasteiger partial charge on any atom is 0.177 e. The van der Waals surface area contributed by atoms with Crippen molar-refractivity contribution in [3.63, 3.8) is 0 Å². The molecule has 0 amide bonds. The normalized spacial score (nSPS) is 12.4. The summed E-state index contributed by atoms with van der Waals surface area (Å²) in [4.78, 5) is 0.456. The highest BCUT2D eigenvalue weighted by Crippen LogP contribution is 2.43. The molecular weight excluding hydrogens is 241 g/mol. The minimum atomic E-state index is -0.301. The average Bonchev–Trinajstić information content (AvgIpc) is 2.36. The van der Waals surface area contributed by atoms with Gasteiger partial charge in [-0.3, -0.25) is 0 Å². The van der Waals surface area contributed by atoms with Crippen molar-refractivity contribution in [3.05, 3.63) is 17.4 Å². The Morgan fingerprint density at radius 1 is 1.35 bits per heavy atom. The lowest BCUT2D eigenvalue weighted by Crippen LogP contribution is -2.11. The second kappa shape index (κ2) is 6.12. The zero-order valence-electron chi connectivity index (χ0n) is 10.5. The van der Waals surface area contributed by atoms with E-state index < -0.39 is 0 Å². The predicted octanol–water partition coefficient (Wildman–Crippen LogP) is 2.63. The Morgan fingerprint density at radius 2 is 1.94 bits per heavy atom. The third-order valence-electron chi connectivity index (χ3n) is 2.67. The van der Waals surface area contributed by atoms with Gasteiger partial charge in [0.2, 0.25) is 0 Å². The van der Waals surface area contributed by atoms with Gasteiger partial charge in [-0.15, -0.1) is 11.8 Å². The van der Waals surface area contributed by atoms with Crippen molar-refractivity contribution in [2.45, 2.75) is 17.7 Å². The molecule has 0 bridgehead atoms. The molecule has 5 heteroatoms. The minimum Gasteiger partial charge on any atom is -0.493 e. The maximum absolute atomic E-state index is 13.9. The van der Waals surface area contributed by atoms with Gasteiger partial charge >= 0.3 is 0 Å². The maximum atomic E-state index is 13.9. The highest BCUT2D eigenvalue weighted by atomic mass is 32.2. The van der Waals surface area contributed by atoms with Crippen molar-refractivity contribution in [3.8, 4) is 11.5 Å². The molecule has 0 aliphatic rings. The van der Waals surface area contributed by atoms with E-state index in [0.29, 0.717) is 22.9 Å². The lowest BCUT2D eigenvalue weighted by atomic mass is 9.99. The lowest BCUT2D eigenvalue weighted by Gasteiger charge is -2.19. The summed E-state index contributed by atoms with van der Waals surface area (Å²) in [6.07, 6.45) is 1.80. The third kappa shape index (κ3) is 2.66. The summed E-state index contributed by atoms with van der Waals surface area (Å²) < 4.78 is 24.5. The van der Waals surface area contributed by atoms with E-state index in [1.54, 1.807) is 13.4 Å². The fourth-order valence-electron chi connectivity index (χ4n) is 1.69. The van der Waals surface area contributed by atoms with Gasteiger partial charge in [0.15, 0.2) is 11.5 Å². The van der Waals surface area contributed by atoms with Crippen LogP contribution in [-0.4, -0.2) is 27.0 Å². The molecule has 1 aromatic rings. The Kier molecular flexibility index (Phi) is 5.08. The highest BCUT2D eigenvalue weighted by molar-refractivity contribution is 7.98. The second-order valence-electron chi connectivity index (χ2n) is 3.68. The first-order valence-corrected chi connectivity index (χ1v) is 6.51. The number of halogens is 1. The minimum absolute atomic E-state index is 0.0178. The summed E-state index contributed by atoms with van der Waals surface area (Å²) in [5.41, 5.74) is 6.35. The summed E-state index contributed by atoms with van der Waals surface area (Å²) in [6, 6.07) is 1.48. The van der Waals surface area contributed by atoms with Crippen molar-refractivity contribution in [2.75, 3.05) is 27.0 Å². The monoisotopic (exact) mass is 259 g/mol. The van der Waals surface area contributed by atoms with Crippen LogP contribution in [0.1, 0.15) is 18.4 Å². The molecule has 0 saturated heterocycles. The van der Waals surface area contributed by atoms with Gasteiger partial charge in [0, 0.05) is 5.56 Å². The molecule has 0 aromatic heterocycles. The van der Waals surface area contributed by atoms with E-state index in [1.807, 2.05) is 6.92 Å². The van der Waals surface area contributed by atoms with Gasteiger partial charge in [-0.05, 0) is 24.8 Å². The van der Waals surface area contributed by atoms with Crippen LogP contribution < -0.4 is 15.2 Å². The molecule has 17 heavy (non-hydrogen) atoms. The van der Waals surface area contributed by atoms with Crippen molar-refractivity contribution in [1.82, 2.24) is 0 Å². The molecular formula is C12H18FNO2S. The van der Waals surface area contributed by atoms with Crippen LogP contribution in [0.3, 0.4) is 0 Å². The summed E-state index contributed by atoms with van der Waals surface area (Å²) >= 11 is 1.29. The van der Waals surface area contributed by atoms with Crippen molar-refractivity contribution < 1.29 is 13.9 Å². The van der Waals surface area contributed by atoms with E-state index in [1.165, 1.54) is 24.9 Å². The molecule has 0 heterocycles. The van der Waals surface area contributed by atoms with Crippen LogP contribution in [0, 0.1) is 5.82 Å². The van der Waals surface area contributed by atoms with Crippen molar-refractivity contribution in [1.29, 1.82) is 0 Å². The molecule has 2 N–H and O–H groups in total. The molecule has 0 saturated carbocycles. The lowest BCUT2D eigenvalue weighted by molar-refractivity contribution is 0.338. The van der Waals surface area contributed by atoms with Crippen molar-refractivity contribution in [2.24, 2.45) is 5.73 Å². The van der Waals surface area contributed by atoms with Gasteiger partial charge < -0.3 is 15.2 Å². The standard InChI is InChI=1S/C12H18FNO2S/c1-7(6-14)8-5-9(13)12(17-4)11(16-3)10(8)15-2/h5,7H,6,14H2,1-4H3. The number of hydrogen-bond donors (Lipinski definition) is 1. The van der Waals surface area contributed by atoms with Crippen LogP contribution in [0.15, 0.2) is 11.0 Å². The highest BCUT2D eigenvalue weighted by Gasteiger charge is 2.22. The quantitative estimate of drug-likeness (QED) is 0.826. The van der Waals surface area contributed by atoms with E-state index in [9.17, 15) is 4.39 Å². The molecule has 0 aliphatic carbocycles. The number of nitrogens with two attached hydrogens (primary N) is 1. The Labute approximate surface area is 105 Å². The number of methoxy groups -OCH3 is 2. The van der Waals surface area contributed by atoms with E-state index >= 15 is 0 Å². The number of ether oxygens (including phenoxy) is 2. The fourth-order valence-corrected chi connectivity index (χ4v) is 2.30. The Bertz CT molecular complexity index is 399. The molecule has 3 nitrogen and oxygen atoms in total. The van der Waals surface area contributed by atoms with Gasteiger partial charge in [-0.25, -0.2) is 4.39 Å². The largest absolute Gasteiger partial charge is 0.493 e. The smallest absolute Gasteiger partial charge is 0.177 e. The number of rotatable bonds is 5. The summed E-state index contributed by atoms with van der Waals surface area (Å²) in [6.45, 7) is 2.35. The Morgan fingerprint density at radius 3 is 2.35 bits per heavy atom. The van der Waals surface area contributed by atoms with Gasteiger partial charge in [-0.1, -0.05) is 6.92 Å². The van der Waals surface area contributed by atoms with E-state index in [4.69, 9.17) is 15.2 Å². The van der Waals surface area contributed by atoms with E-state index in [-0.39, 0.29) is 11.7 Å². The van der Waals surface area contributed by atoms with Crippen LogP contribution in [0.25, 0.3) is 0 Å². The van der Waals surface area contributed by atoms with Crippen LogP contribution in [0.5, 0.6) is 11.5 Å². The Balaban J connectivity index is 3.47. The number of thioether (sulfide) groups is 1. The Hall–Kier alpha value is -0.940. The van der Waals surface area contributed by atoms with E-state index in [2.05, 4.69) is 0 Å². The fraction of sp³-hybridized carbons (Fsp3) is 0.500. The van der Waals surface area contributed by atoms with Crippen LogP contribution >= 0.6 is 11.8 Å². The zero-order valence-corrected chi connectivity index (χ0v) is 11.4. The first kappa shape index (κ1) is 14.1. The molecule has 1 aromatic carbocycles. The van der Waals surface area contributed by atoms with Gasteiger partial charge in [0.25, 0.3) is 0 Å². The molecule has 0 fully saturated rings. The first-order valence-electron chi connectivity index (χ1n) is 5.29. The predicted molar refractivity (Wildman–Crippen MR) is 68.8 cm³/mol. The summed E-state index contributed by atoms with van der Waals surface area (Å²) in [5.74, 6) is 0.723. The van der Waals surface area contributed by atoms with Gasteiger partial charge in [-0.2, -0.15) is 0 Å². The SMILES string of the molecule is COc1c(C(C)CN)cc(F)c(SC)c1OC. The molecule has 96 valence electrons. The molecule has 0 radical (unpaired) electrons. The molecule has 0 aliphatic heterocycles. The molecule has 0 spiro atoms. The molecule has 1 atom stereocenters. The summed E-state index contributed by atoms with van der Waals surface area (Å²) in [7, 11) is 3.06. The summed E-state index contributed by atoms with van der Waals surface area (Å²) in [5, 5.41) is 0. The van der Waals surface area contributed by atoms with E-state index in [0.717, 1.165) is 5.56 Å². The van der Waals surface area contributed by atoms with Crippen LogP contribution in [0.2, 0.25) is 0 Å². The molecule has 1 rings (SSSR count). The van der Waals surface area contributed by atoms with Crippen molar-refractivity contribution >= 4 is 11.8 Å². The zero-order chi connectivity index (χ0) is 13.0. The second-order valence-corrected chi connectivity index (χ2v) is 4.50. The van der Waals surface area contributed by atoms with Crippen LogP contribution in [-0.2, 0) is 0 Å². The van der Waals surface area contributed by atoms with Gasteiger partial charge in [0.1, 0.15) is 5.82 Å². The topological polar surface area (TPSA) is 44.5 Å². The van der Waals surface area contributed by atoms with Crippen LogP contribution in [0.4, 0.5) is 4.39 Å². The van der Waals surface area contributed by atoms with Gasteiger partial charge in [0.05, 0.1) is 19.1 Å². The first-order chi connectivity index (χ1) is 8.10. The average molecular weight is 259 g/mol.